The van der Waals surface area contributed by atoms with Crippen molar-refractivity contribution in [2.75, 3.05) is 0 Å². The highest BCUT2D eigenvalue weighted by atomic mass is 16.1. The molecule has 0 spiro atoms. The maximum atomic E-state index is 11.8. The van der Waals surface area contributed by atoms with Gasteiger partial charge in [-0.05, 0) is 25.0 Å². The Morgan fingerprint density at radius 2 is 2.31 bits per heavy atom. The zero-order valence-corrected chi connectivity index (χ0v) is 9.29. The number of allylic oxidation sites excluding steroid dienone is 1. The van der Waals surface area contributed by atoms with Crippen molar-refractivity contribution < 1.29 is 0 Å². The smallest absolute Gasteiger partial charge is 0.258 e. The largest absolute Gasteiger partial charge is 0.310 e. The Bertz CT molecular complexity index is 584. The number of aromatic amines is 1. The van der Waals surface area contributed by atoms with Crippen LogP contribution in [0.15, 0.2) is 35.6 Å². The van der Waals surface area contributed by atoms with Crippen LogP contribution in [0, 0.1) is 6.92 Å². The molecule has 0 saturated heterocycles. The van der Waals surface area contributed by atoms with Gasteiger partial charge in [0.15, 0.2) is 0 Å². The highest BCUT2D eigenvalue weighted by Gasteiger charge is 2.04. The molecule has 0 aliphatic rings. The molecule has 82 valence electrons. The molecule has 2 rings (SSSR count). The van der Waals surface area contributed by atoms with Crippen molar-refractivity contribution in [3.63, 3.8) is 0 Å². The number of aryl methyl sites for hydroxylation is 2. The van der Waals surface area contributed by atoms with Gasteiger partial charge in [-0.25, -0.2) is 4.98 Å². The Hall–Kier alpha value is -1.90. The normalized spacial score (nSPS) is 10.6. The van der Waals surface area contributed by atoms with E-state index in [1.807, 2.05) is 25.1 Å². The molecule has 1 aromatic heterocycles. The number of hydrogen-bond donors (Lipinski definition) is 1. The van der Waals surface area contributed by atoms with Gasteiger partial charge in [-0.3, -0.25) is 4.79 Å². The average molecular weight is 214 g/mol. The first-order chi connectivity index (χ1) is 7.72. The fourth-order valence-electron chi connectivity index (χ4n) is 1.71. The van der Waals surface area contributed by atoms with Crippen LogP contribution in [0.2, 0.25) is 0 Å². The maximum absolute atomic E-state index is 11.8. The molecule has 3 nitrogen and oxygen atoms in total. The summed E-state index contributed by atoms with van der Waals surface area (Å²) >= 11 is 0. The molecule has 16 heavy (non-hydrogen) atoms. The minimum Gasteiger partial charge on any atom is -0.310 e. The van der Waals surface area contributed by atoms with Crippen molar-refractivity contribution in [2.24, 2.45) is 0 Å². The highest BCUT2D eigenvalue weighted by molar-refractivity contribution is 5.80. The topological polar surface area (TPSA) is 45.8 Å². The van der Waals surface area contributed by atoms with Crippen LogP contribution in [-0.4, -0.2) is 9.97 Å². The summed E-state index contributed by atoms with van der Waals surface area (Å²) in [5.74, 6) is 0.728. The van der Waals surface area contributed by atoms with Gasteiger partial charge in [-0.2, -0.15) is 0 Å². The van der Waals surface area contributed by atoms with Crippen molar-refractivity contribution in [3.8, 4) is 0 Å². The van der Waals surface area contributed by atoms with Gasteiger partial charge in [-0.1, -0.05) is 18.2 Å². The quantitative estimate of drug-likeness (QED) is 0.797. The second-order valence-corrected chi connectivity index (χ2v) is 3.81. The summed E-state index contributed by atoms with van der Waals surface area (Å²) in [6.45, 7) is 5.62. The molecular weight excluding hydrogens is 200 g/mol. The van der Waals surface area contributed by atoms with Gasteiger partial charge >= 0.3 is 0 Å². The molecule has 0 bridgehead atoms. The molecule has 0 aliphatic carbocycles. The first-order valence-corrected chi connectivity index (χ1v) is 5.32. The molecule has 2 aromatic rings. The summed E-state index contributed by atoms with van der Waals surface area (Å²) in [5, 5.41) is 0.655. The highest BCUT2D eigenvalue weighted by Crippen LogP contribution is 2.12. The van der Waals surface area contributed by atoms with Gasteiger partial charge in [0, 0.05) is 6.42 Å². The summed E-state index contributed by atoms with van der Waals surface area (Å²) in [7, 11) is 0. The lowest BCUT2D eigenvalue weighted by molar-refractivity contribution is 0.882. The molecule has 0 saturated carbocycles. The van der Waals surface area contributed by atoms with Crippen molar-refractivity contribution in [2.45, 2.75) is 19.8 Å². The van der Waals surface area contributed by atoms with E-state index in [0.29, 0.717) is 5.39 Å². The molecule has 1 aromatic carbocycles. The molecule has 1 heterocycles. The molecule has 1 N–H and O–H groups in total. The van der Waals surface area contributed by atoms with Crippen LogP contribution in [0.3, 0.4) is 0 Å². The molecule has 3 heteroatoms. The predicted octanol–water partition coefficient (Wildman–Crippen LogP) is 2.35. The number of H-pyrrole nitrogens is 1. The van der Waals surface area contributed by atoms with E-state index >= 15 is 0 Å². The average Bonchev–Trinajstić information content (AvgIpc) is 2.28. The second-order valence-electron chi connectivity index (χ2n) is 3.81. The SMILES string of the molecule is C=CCCc1nc2c(C)cccc2c(=O)[nH]1. The lowest BCUT2D eigenvalue weighted by Gasteiger charge is -2.03. The van der Waals surface area contributed by atoms with E-state index in [0.717, 1.165) is 29.7 Å². The molecule has 0 fully saturated rings. The van der Waals surface area contributed by atoms with E-state index in [1.54, 1.807) is 6.07 Å². The summed E-state index contributed by atoms with van der Waals surface area (Å²) in [6.07, 6.45) is 3.37. The van der Waals surface area contributed by atoms with E-state index in [4.69, 9.17) is 0 Å². The van der Waals surface area contributed by atoms with Crippen LogP contribution in [0.4, 0.5) is 0 Å². The van der Waals surface area contributed by atoms with Crippen LogP contribution in [-0.2, 0) is 6.42 Å². The Kier molecular flexibility index (Phi) is 2.86. The number of fused-ring (bicyclic) bond motifs is 1. The third-order valence-corrected chi connectivity index (χ3v) is 2.57. The Morgan fingerprint density at radius 3 is 3.06 bits per heavy atom. The molecule has 0 unspecified atom stereocenters. The third kappa shape index (κ3) is 1.89. The van der Waals surface area contributed by atoms with Crippen molar-refractivity contribution in [3.05, 3.63) is 52.6 Å². The fourth-order valence-corrected chi connectivity index (χ4v) is 1.71. The van der Waals surface area contributed by atoms with E-state index in [-0.39, 0.29) is 5.56 Å². The van der Waals surface area contributed by atoms with E-state index in [2.05, 4.69) is 16.5 Å². The third-order valence-electron chi connectivity index (χ3n) is 2.57. The van der Waals surface area contributed by atoms with Crippen molar-refractivity contribution >= 4 is 10.9 Å². The summed E-state index contributed by atoms with van der Waals surface area (Å²) in [5.41, 5.74) is 1.77. The summed E-state index contributed by atoms with van der Waals surface area (Å²) in [6, 6.07) is 5.63. The standard InChI is InChI=1S/C13H14N2O/c1-3-4-8-11-14-12-9(2)6-5-7-10(12)13(16)15-11/h3,5-7H,1,4,8H2,2H3,(H,14,15,16). The van der Waals surface area contributed by atoms with E-state index in [1.165, 1.54) is 0 Å². The number of para-hydroxylation sites is 1. The lowest BCUT2D eigenvalue weighted by atomic mass is 10.1. The van der Waals surface area contributed by atoms with Gasteiger partial charge in [-0.15, -0.1) is 6.58 Å². The lowest BCUT2D eigenvalue weighted by Crippen LogP contribution is -2.12. The van der Waals surface area contributed by atoms with E-state index in [9.17, 15) is 4.79 Å². The number of aromatic nitrogens is 2. The number of rotatable bonds is 3. The van der Waals surface area contributed by atoms with Crippen molar-refractivity contribution in [1.82, 2.24) is 9.97 Å². The Morgan fingerprint density at radius 1 is 1.50 bits per heavy atom. The molecular formula is C13H14N2O. The van der Waals surface area contributed by atoms with Gasteiger partial charge in [0.25, 0.3) is 5.56 Å². The summed E-state index contributed by atoms with van der Waals surface area (Å²) < 4.78 is 0. The van der Waals surface area contributed by atoms with Crippen LogP contribution < -0.4 is 5.56 Å². The first-order valence-electron chi connectivity index (χ1n) is 5.32. The van der Waals surface area contributed by atoms with Gasteiger partial charge in [0.05, 0.1) is 10.9 Å². The zero-order valence-electron chi connectivity index (χ0n) is 9.29. The van der Waals surface area contributed by atoms with Crippen LogP contribution in [0.5, 0.6) is 0 Å². The van der Waals surface area contributed by atoms with Crippen LogP contribution in [0.1, 0.15) is 17.8 Å². The Labute approximate surface area is 93.8 Å². The van der Waals surface area contributed by atoms with Crippen molar-refractivity contribution in [1.29, 1.82) is 0 Å². The van der Waals surface area contributed by atoms with E-state index < -0.39 is 0 Å². The van der Waals surface area contributed by atoms with Crippen LogP contribution in [0.25, 0.3) is 10.9 Å². The van der Waals surface area contributed by atoms with Gasteiger partial charge in [0.2, 0.25) is 0 Å². The predicted molar refractivity (Wildman–Crippen MR) is 65.6 cm³/mol. The van der Waals surface area contributed by atoms with Crippen LogP contribution >= 0.6 is 0 Å². The second kappa shape index (κ2) is 4.31. The monoisotopic (exact) mass is 214 g/mol. The molecule has 0 radical (unpaired) electrons. The Balaban J connectivity index is 2.61. The molecule has 0 aliphatic heterocycles. The number of benzene rings is 1. The molecule has 0 amide bonds. The number of nitrogens with zero attached hydrogens (tertiary/aromatic N) is 1. The van der Waals surface area contributed by atoms with Gasteiger partial charge in [0.1, 0.15) is 5.82 Å². The summed E-state index contributed by atoms with van der Waals surface area (Å²) in [4.78, 5) is 19.1. The first kappa shape index (κ1) is 10.6. The zero-order chi connectivity index (χ0) is 11.5. The fraction of sp³-hybridized carbons (Fsp3) is 0.231. The minimum atomic E-state index is -0.0623. The minimum absolute atomic E-state index is 0.0623. The maximum Gasteiger partial charge on any atom is 0.258 e. The van der Waals surface area contributed by atoms with Gasteiger partial charge < -0.3 is 4.98 Å². The number of nitrogens with one attached hydrogen (secondary N) is 1. The number of hydrogen-bond acceptors (Lipinski definition) is 2. The molecule has 0 atom stereocenters.